The van der Waals surface area contributed by atoms with Gasteiger partial charge < -0.3 is 14.0 Å². The van der Waals surface area contributed by atoms with Crippen LogP contribution in [0.4, 0.5) is 0 Å². The molecule has 0 aliphatic carbocycles. The first-order valence-corrected chi connectivity index (χ1v) is 9.16. The minimum Gasteiger partial charge on any atom is -0.485 e. The lowest BCUT2D eigenvalue weighted by molar-refractivity contribution is 0.0825. The quantitative estimate of drug-likeness (QED) is 0.665. The summed E-state index contributed by atoms with van der Waals surface area (Å²) in [6.07, 6.45) is -0.250. The lowest BCUT2D eigenvalue weighted by atomic mass is 10.1. The molecule has 1 unspecified atom stereocenters. The zero-order valence-electron chi connectivity index (χ0n) is 14.2. The molecule has 0 spiro atoms. The monoisotopic (exact) mass is 353 g/mol. The van der Waals surface area contributed by atoms with E-state index in [-0.39, 0.29) is 6.10 Å². The Balaban J connectivity index is 1.49. The Hall–Kier alpha value is -2.47. The summed E-state index contributed by atoms with van der Waals surface area (Å²) in [5.41, 5.74) is 2.60. The lowest BCUT2D eigenvalue weighted by Crippen LogP contribution is -2.24. The summed E-state index contributed by atoms with van der Waals surface area (Å²) >= 11 is 1.68. The number of hydrogen-bond acceptors (Lipinski definition) is 5. The van der Waals surface area contributed by atoms with Crippen molar-refractivity contribution in [2.75, 3.05) is 6.61 Å². The molecule has 6 heteroatoms. The van der Waals surface area contributed by atoms with Crippen molar-refractivity contribution in [2.24, 2.45) is 7.05 Å². The molecule has 25 heavy (non-hydrogen) atoms. The van der Waals surface area contributed by atoms with Crippen LogP contribution in [-0.4, -0.2) is 21.4 Å². The Labute approximate surface area is 151 Å². The summed E-state index contributed by atoms with van der Waals surface area (Å²) < 4.78 is 13.8. The molecule has 4 rings (SSSR count). The molecule has 128 valence electrons. The smallest absolute Gasteiger partial charge is 0.192 e. The van der Waals surface area contributed by atoms with Crippen LogP contribution in [0, 0.1) is 6.92 Å². The molecule has 0 radical (unpaired) electrons. The van der Waals surface area contributed by atoms with Crippen molar-refractivity contribution in [3.63, 3.8) is 0 Å². The van der Waals surface area contributed by atoms with Crippen molar-refractivity contribution in [2.45, 2.75) is 23.9 Å². The minimum absolute atomic E-state index is 0.250. The molecular weight excluding hydrogens is 334 g/mol. The minimum atomic E-state index is -0.250. The number of hydrogen-bond donors (Lipinski definition) is 0. The zero-order valence-corrected chi connectivity index (χ0v) is 15.0. The molecule has 0 saturated carbocycles. The Morgan fingerprint density at radius 1 is 1.08 bits per heavy atom. The molecule has 0 bridgehead atoms. The Morgan fingerprint density at radius 3 is 2.68 bits per heavy atom. The largest absolute Gasteiger partial charge is 0.485 e. The molecule has 0 N–H and O–H groups in total. The molecule has 1 atom stereocenters. The SMILES string of the molecule is Cc1ccccc1CSc1nnc(C2COc3ccccc3O2)n1C. The van der Waals surface area contributed by atoms with Crippen molar-refractivity contribution >= 4 is 11.8 Å². The van der Waals surface area contributed by atoms with Crippen molar-refractivity contribution in [3.05, 3.63) is 65.5 Å². The fourth-order valence-corrected chi connectivity index (χ4v) is 3.79. The molecule has 0 amide bonds. The lowest BCUT2D eigenvalue weighted by Gasteiger charge is -2.25. The van der Waals surface area contributed by atoms with Gasteiger partial charge in [0.2, 0.25) is 0 Å². The van der Waals surface area contributed by atoms with E-state index in [0.29, 0.717) is 6.61 Å². The topological polar surface area (TPSA) is 49.2 Å². The molecular formula is C19H19N3O2S. The van der Waals surface area contributed by atoms with Crippen molar-refractivity contribution < 1.29 is 9.47 Å². The van der Waals surface area contributed by atoms with Crippen molar-refractivity contribution in [1.82, 2.24) is 14.8 Å². The Morgan fingerprint density at radius 2 is 1.84 bits per heavy atom. The zero-order chi connectivity index (χ0) is 17.2. The van der Waals surface area contributed by atoms with Gasteiger partial charge in [0.25, 0.3) is 0 Å². The number of para-hydroxylation sites is 2. The number of nitrogens with zero attached hydrogens (tertiary/aromatic N) is 3. The van der Waals surface area contributed by atoms with E-state index in [1.165, 1.54) is 11.1 Å². The van der Waals surface area contributed by atoms with Gasteiger partial charge in [0.05, 0.1) is 0 Å². The normalized spacial score (nSPS) is 16.0. The number of aromatic nitrogens is 3. The van der Waals surface area contributed by atoms with E-state index in [0.717, 1.165) is 28.2 Å². The average Bonchev–Trinajstić information content (AvgIpc) is 3.01. The summed E-state index contributed by atoms with van der Waals surface area (Å²) in [6, 6.07) is 16.1. The van der Waals surface area contributed by atoms with E-state index in [1.807, 2.05) is 35.9 Å². The van der Waals surface area contributed by atoms with Crippen LogP contribution in [0.3, 0.4) is 0 Å². The molecule has 2 aromatic carbocycles. The maximum absolute atomic E-state index is 6.04. The van der Waals surface area contributed by atoms with E-state index in [4.69, 9.17) is 9.47 Å². The highest BCUT2D eigenvalue weighted by atomic mass is 32.2. The van der Waals surface area contributed by atoms with Gasteiger partial charge in [-0.25, -0.2) is 0 Å². The van der Waals surface area contributed by atoms with E-state index in [2.05, 4.69) is 41.4 Å². The van der Waals surface area contributed by atoms with Crippen molar-refractivity contribution in [1.29, 1.82) is 0 Å². The predicted octanol–water partition coefficient (Wildman–Crippen LogP) is 3.93. The highest BCUT2D eigenvalue weighted by Gasteiger charge is 2.27. The molecule has 2 heterocycles. The highest BCUT2D eigenvalue weighted by molar-refractivity contribution is 7.98. The second-order valence-electron chi connectivity index (χ2n) is 5.98. The second-order valence-corrected chi connectivity index (χ2v) is 6.92. The van der Waals surface area contributed by atoms with E-state index in [9.17, 15) is 0 Å². The van der Waals surface area contributed by atoms with E-state index in [1.54, 1.807) is 11.8 Å². The van der Waals surface area contributed by atoms with Crippen LogP contribution in [0.1, 0.15) is 23.1 Å². The molecule has 1 aliphatic rings. The van der Waals surface area contributed by atoms with Gasteiger partial charge in [-0.3, -0.25) is 0 Å². The fraction of sp³-hybridized carbons (Fsp3) is 0.263. The van der Waals surface area contributed by atoms with Crippen LogP contribution < -0.4 is 9.47 Å². The van der Waals surface area contributed by atoms with Gasteiger partial charge in [0, 0.05) is 12.8 Å². The van der Waals surface area contributed by atoms with Crippen LogP contribution in [0.25, 0.3) is 0 Å². The van der Waals surface area contributed by atoms with Crippen LogP contribution in [0.5, 0.6) is 11.5 Å². The number of thioether (sulfide) groups is 1. The first kappa shape index (κ1) is 16.0. The predicted molar refractivity (Wildman–Crippen MR) is 97.0 cm³/mol. The Kier molecular flexibility index (Phi) is 4.36. The third kappa shape index (κ3) is 3.22. The molecule has 3 aromatic rings. The second kappa shape index (κ2) is 6.80. The fourth-order valence-electron chi connectivity index (χ4n) is 2.79. The maximum atomic E-state index is 6.04. The molecule has 0 fully saturated rings. The van der Waals surface area contributed by atoms with Gasteiger partial charge in [-0.15, -0.1) is 10.2 Å². The van der Waals surface area contributed by atoms with Gasteiger partial charge in [-0.1, -0.05) is 48.2 Å². The van der Waals surface area contributed by atoms with Gasteiger partial charge in [-0.05, 0) is 30.2 Å². The van der Waals surface area contributed by atoms with E-state index >= 15 is 0 Å². The summed E-state index contributed by atoms with van der Waals surface area (Å²) in [7, 11) is 1.97. The van der Waals surface area contributed by atoms with Crippen LogP contribution in [-0.2, 0) is 12.8 Å². The maximum Gasteiger partial charge on any atom is 0.192 e. The van der Waals surface area contributed by atoms with E-state index < -0.39 is 0 Å². The summed E-state index contributed by atoms with van der Waals surface area (Å²) in [5.74, 6) is 3.16. The van der Waals surface area contributed by atoms with Gasteiger partial charge >= 0.3 is 0 Å². The third-order valence-electron chi connectivity index (χ3n) is 4.28. The third-order valence-corrected chi connectivity index (χ3v) is 5.35. The first-order valence-electron chi connectivity index (χ1n) is 8.17. The summed E-state index contributed by atoms with van der Waals surface area (Å²) in [5, 5.41) is 9.54. The molecule has 1 aromatic heterocycles. The van der Waals surface area contributed by atoms with Gasteiger partial charge in [0.15, 0.2) is 28.6 Å². The number of benzene rings is 2. The van der Waals surface area contributed by atoms with Crippen LogP contribution in [0.15, 0.2) is 53.7 Å². The average molecular weight is 353 g/mol. The molecule has 5 nitrogen and oxygen atoms in total. The first-order chi connectivity index (χ1) is 12.2. The van der Waals surface area contributed by atoms with Gasteiger partial charge in [0.1, 0.15) is 6.61 Å². The molecule has 1 aliphatic heterocycles. The van der Waals surface area contributed by atoms with Crippen molar-refractivity contribution in [3.8, 4) is 11.5 Å². The number of aryl methyl sites for hydroxylation is 1. The summed E-state index contributed by atoms with van der Waals surface area (Å²) in [6.45, 7) is 2.56. The standard InChI is InChI=1S/C19H19N3O2S/c1-13-7-3-4-8-14(13)12-25-19-21-20-18(22(19)2)17-11-23-15-9-5-6-10-16(15)24-17/h3-10,17H,11-12H2,1-2H3. The highest BCUT2D eigenvalue weighted by Crippen LogP contribution is 2.36. The molecule has 0 saturated heterocycles. The summed E-state index contributed by atoms with van der Waals surface area (Å²) in [4.78, 5) is 0. The van der Waals surface area contributed by atoms with Gasteiger partial charge in [-0.2, -0.15) is 0 Å². The Bertz CT molecular complexity index is 894. The number of ether oxygens (including phenoxy) is 2. The number of rotatable bonds is 4. The van der Waals surface area contributed by atoms with Crippen LogP contribution in [0.2, 0.25) is 0 Å². The number of fused-ring (bicyclic) bond motifs is 1. The van der Waals surface area contributed by atoms with Crippen LogP contribution >= 0.6 is 11.8 Å².